The first kappa shape index (κ1) is 12.6. The van der Waals surface area contributed by atoms with Gasteiger partial charge in [-0.05, 0) is 38.7 Å². The van der Waals surface area contributed by atoms with Crippen molar-refractivity contribution < 1.29 is 9.90 Å². The number of aryl methyl sites for hydroxylation is 1. The van der Waals surface area contributed by atoms with Gasteiger partial charge >= 0.3 is 5.97 Å². The minimum absolute atomic E-state index is 0.0378. The van der Waals surface area contributed by atoms with Crippen molar-refractivity contribution in [2.75, 3.05) is 14.1 Å². The molecule has 0 bridgehead atoms. The van der Waals surface area contributed by atoms with Gasteiger partial charge in [-0.15, -0.1) is 0 Å². The smallest absolute Gasteiger partial charge is 0.309 e. The predicted molar refractivity (Wildman–Crippen MR) is 68.7 cm³/mol. The molecule has 0 saturated heterocycles. The highest BCUT2D eigenvalue weighted by Crippen LogP contribution is 2.16. The zero-order valence-corrected chi connectivity index (χ0v) is 10.8. The Balaban J connectivity index is 2.56. The number of fused-ring (bicyclic) bond motifs is 1. The summed E-state index contributed by atoms with van der Waals surface area (Å²) >= 11 is 0. The van der Waals surface area contributed by atoms with Crippen molar-refractivity contribution in [1.82, 2.24) is 14.3 Å². The molecule has 0 fully saturated rings. The van der Waals surface area contributed by atoms with Crippen LogP contribution in [0, 0.1) is 6.92 Å². The number of nitrogens with zero attached hydrogens (tertiary/aromatic N) is 3. The summed E-state index contributed by atoms with van der Waals surface area (Å²) < 4.78 is 1.96. The molecule has 5 nitrogen and oxygen atoms in total. The predicted octanol–water partition coefficient (Wildman–Crippen LogP) is 1.33. The van der Waals surface area contributed by atoms with E-state index in [9.17, 15) is 4.79 Å². The average Bonchev–Trinajstić information content (AvgIpc) is 2.54. The van der Waals surface area contributed by atoms with Crippen LogP contribution in [-0.2, 0) is 17.8 Å². The van der Waals surface area contributed by atoms with Crippen LogP contribution in [0.2, 0.25) is 0 Å². The molecule has 0 atom stereocenters. The molecule has 18 heavy (non-hydrogen) atoms. The van der Waals surface area contributed by atoms with Crippen LogP contribution in [0.4, 0.5) is 0 Å². The van der Waals surface area contributed by atoms with E-state index in [4.69, 9.17) is 5.11 Å². The van der Waals surface area contributed by atoms with Crippen molar-refractivity contribution in [2.45, 2.75) is 19.9 Å². The normalized spacial score (nSPS) is 11.3. The molecule has 2 heterocycles. The van der Waals surface area contributed by atoms with Gasteiger partial charge in [-0.3, -0.25) is 4.79 Å². The number of imidazole rings is 1. The Morgan fingerprint density at radius 3 is 2.83 bits per heavy atom. The van der Waals surface area contributed by atoms with Crippen molar-refractivity contribution in [3.63, 3.8) is 0 Å². The van der Waals surface area contributed by atoms with Crippen LogP contribution in [0.1, 0.15) is 17.0 Å². The molecular weight excluding hydrogens is 230 g/mol. The minimum Gasteiger partial charge on any atom is -0.481 e. The molecule has 0 aliphatic heterocycles. The van der Waals surface area contributed by atoms with Crippen molar-refractivity contribution >= 4 is 11.6 Å². The zero-order valence-electron chi connectivity index (χ0n) is 10.8. The Hall–Kier alpha value is -1.88. The summed E-state index contributed by atoms with van der Waals surface area (Å²) in [5.74, 6) is -0.852. The fourth-order valence-corrected chi connectivity index (χ4v) is 2.00. The first-order chi connectivity index (χ1) is 8.47. The topological polar surface area (TPSA) is 57.8 Å². The van der Waals surface area contributed by atoms with E-state index < -0.39 is 5.97 Å². The molecular formula is C13H17N3O2. The van der Waals surface area contributed by atoms with E-state index >= 15 is 0 Å². The van der Waals surface area contributed by atoms with Crippen molar-refractivity contribution in [3.8, 4) is 0 Å². The maximum atomic E-state index is 10.9. The highest BCUT2D eigenvalue weighted by atomic mass is 16.4. The van der Waals surface area contributed by atoms with Crippen molar-refractivity contribution in [3.05, 3.63) is 35.3 Å². The molecule has 0 aliphatic carbocycles. The minimum atomic E-state index is -0.852. The van der Waals surface area contributed by atoms with Crippen molar-refractivity contribution in [1.29, 1.82) is 0 Å². The maximum Gasteiger partial charge on any atom is 0.309 e. The number of pyridine rings is 1. The number of aliphatic carboxylic acids is 1. The molecule has 0 saturated carbocycles. The second kappa shape index (κ2) is 4.78. The fraction of sp³-hybridized carbons (Fsp3) is 0.385. The molecule has 1 N–H and O–H groups in total. The average molecular weight is 247 g/mol. The second-order valence-corrected chi connectivity index (χ2v) is 4.75. The molecule has 0 unspecified atom stereocenters. The molecule has 0 amide bonds. The van der Waals surface area contributed by atoms with Crippen LogP contribution in [0.3, 0.4) is 0 Å². The van der Waals surface area contributed by atoms with Gasteiger partial charge < -0.3 is 14.4 Å². The lowest BCUT2D eigenvalue weighted by Crippen LogP contribution is -2.15. The third-order valence-electron chi connectivity index (χ3n) is 2.75. The van der Waals surface area contributed by atoms with E-state index in [2.05, 4.69) is 4.98 Å². The van der Waals surface area contributed by atoms with E-state index in [-0.39, 0.29) is 6.42 Å². The van der Waals surface area contributed by atoms with Crippen LogP contribution in [0.5, 0.6) is 0 Å². The van der Waals surface area contributed by atoms with Crippen LogP contribution < -0.4 is 0 Å². The number of carboxylic acid groups (broad SMARTS) is 1. The summed E-state index contributed by atoms with van der Waals surface area (Å²) in [4.78, 5) is 17.3. The van der Waals surface area contributed by atoms with Gasteiger partial charge in [-0.2, -0.15) is 0 Å². The summed E-state index contributed by atoms with van der Waals surface area (Å²) in [7, 11) is 3.91. The number of carboxylic acids is 1. The fourth-order valence-electron chi connectivity index (χ4n) is 2.00. The highest BCUT2D eigenvalue weighted by molar-refractivity contribution is 5.70. The summed E-state index contributed by atoms with van der Waals surface area (Å²) in [5, 5.41) is 8.94. The zero-order chi connectivity index (χ0) is 13.3. The highest BCUT2D eigenvalue weighted by Gasteiger charge is 2.15. The number of hydrogen-bond donors (Lipinski definition) is 1. The molecule has 0 radical (unpaired) electrons. The summed E-state index contributed by atoms with van der Waals surface area (Å²) in [6.45, 7) is 2.67. The molecule has 2 aromatic rings. The van der Waals surface area contributed by atoms with Crippen LogP contribution in [-0.4, -0.2) is 39.5 Å². The standard InChI is InChI=1S/C13H17N3O2/c1-9-4-5-16-11(8-15(2)3)10(7-13(17)18)14-12(16)6-9/h4-6H,7-8H2,1-3H3,(H,17,18). The van der Waals surface area contributed by atoms with Gasteiger partial charge in [-0.1, -0.05) is 0 Å². The number of aromatic nitrogens is 2. The van der Waals surface area contributed by atoms with Crippen LogP contribution in [0.15, 0.2) is 18.3 Å². The van der Waals surface area contributed by atoms with Crippen molar-refractivity contribution in [2.24, 2.45) is 0 Å². The molecule has 96 valence electrons. The first-order valence-corrected chi connectivity index (χ1v) is 5.80. The third kappa shape index (κ3) is 2.51. The number of rotatable bonds is 4. The largest absolute Gasteiger partial charge is 0.481 e. The van der Waals surface area contributed by atoms with E-state index in [0.717, 1.165) is 16.9 Å². The van der Waals surface area contributed by atoms with Gasteiger partial charge in [0.05, 0.1) is 17.8 Å². The van der Waals surface area contributed by atoms with E-state index in [1.54, 1.807) is 0 Å². The maximum absolute atomic E-state index is 10.9. The van der Waals surface area contributed by atoms with Crippen LogP contribution >= 0.6 is 0 Å². The van der Waals surface area contributed by atoms with Crippen LogP contribution in [0.25, 0.3) is 5.65 Å². The van der Waals surface area contributed by atoms with Gasteiger partial charge in [0.15, 0.2) is 0 Å². The van der Waals surface area contributed by atoms with Gasteiger partial charge in [0.2, 0.25) is 0 Å². The Kier molecular flexibility index (Phi) is 3.34. The first-order valence-electron chi connectivity index (χ1n) is 5.80. The van der Waals surface area contributed by atoms with Gasteiger partial charge in [0.25, 0.3) is 0 Å². The lowest BCUT2D eigenvalue weighted by Gasteiger charge is -2.10. The Bertz CT molecular complexity index is 587. The number of carbonyl (C=O) groups is 1. The molecule has 2 aromatic heterocycles. The third-order valence-corrected chi connectivity index (χ3v) is 2.75. The van der Waals surface area contributed by atoms with Gasteiger partial charge in [-0.25, -0.2) is 4.98 Å². The monoisotopic (exact) mass is 247 g/mol. The second-order valence-electron chi connectivity index (χ2n) is 4.75. The molecule has 0 aliphatic rings. The molecule has 5 heteroatoms. The van der Waals surface area contributed by atoms with Gasteiger partial charge in [0.1, 0.15) is 5.65 Å². The Morgan fingerprint density at radius 2 is 2.22 bits per heavy atom. The number of hydrogen-bond acceptors (Lipinski definition) is 3. The summed E-state index contributed by atoms with van der Waals surface area (Å²) in [5.41, 5.74) is 3.51. The Labute approximate surface area is 106 Å². The van der Waals surface area contributed by atoms with E-state index in [0.29, 0.717) is 12.2 Å². The van der Waals surface area contributed by atoms with E-state index in [1.165, 1.54) is 0 Å². The Morgan fingerprint density at radius 1 is 1.50 bits per heavy atom. The molecule has 0 spiro atoms. The lowest BCUT2D eigenvalue weighted by atomic mass is 10.2. The quantitative estimate of drug-likeness (QED) is 0.885. The SMILES string of the molecule is Cc1ccn2c(CN(C)C)c(CC(=O)O)nc2c1. The molecule has 0 aromatic carbocycles. The summed E-state index contributed by atoms with van der Waals surface area (Å²) in [6.07, 6.45) is 1.91. The summed E-state index contributed by atoms with van der Waals surface area (Å²) in [6, 6.07) is 3.96. The lowest BCUT2D eigenvalue weighted by molar-refractivity contribution is -0.136. The van der Waals surface area contributed by atoms with Gasteiger partial charge in [0, 0.05) is 12.7 Å². The van der Waals surface area contributed by atoms with E-state index in [1.807, 2.05) is 48.6 Å². The molecule has 2 rings (SSSR count).